The Morgan fingerprint density at radius 2 is 1.28 bits per heavy atom. The van der Waals surface area contributed by atoms with Gasteiger partial charge in [-0.3, -0.25) is 9.59 Å². The molecule has 25 heavy (non-hydrogen) atoms. The van der Waals surface area contributed by atoms with Crippen LogP contribution in [-0.4, -0.2) is 18.8 Å². The Kier molecular flexibility index (Phi) is 4.90. The molecule has 4 heteroatoms. The van der Waals surface area contributed by atoms with Crippen molar-refractivity contribution in [1.82, 2.24) is 0 Å². The minimum absolute atomic E-state index is 0.0720. The SMILES string of the molecule is COc1ccccc1NC(=O)c1ccc(C(=O)c2ccccc2)cc1. The highest BCUT2D eigenvalue weighted by Gasteiger charge is 2.12. The maximum Gasteiger partial charge on any atom is 0.255 e. The van der Waals surface area contributed by atoms with Gasteiger partial charge >= 0.3 is 0 Å². The maximum absolute atomic E-state index is 12.4. The highest BCUT2D eigenvalue weighted by Crippen LogP contribution is 2.23. The van der Waals surface area contributed by atoms with Crippen molar-refractivity contribution in [1.29, 1.82) is 0 Å². The number of ketones is 1. The summed E-state index contributed by atoms with van der Waals surface area (Å²) in [6, 6.07) is 22.8. The fourth-order valence-corrected chi connectivity index (χ4v) is 2.47. The normalized spacial score (nSPS) is 10.1. The molecule has 0 aliphatic carbocycles. The van der Waals surface area contributed by atoms with Crippen LogP contribution in [0.25, 0.3) is 0 Å². The molecule has 0 atom stereocenters. The second kappa shape index (κ2) is 7.45. The Morgan fingerprint density at radius 1 is 0.720 bits per heavy atom. The van der Waals surface area contributed by atoms with Gasteiger partial charge in [0.15, 0.2) is 5.78 Å². The summed E-state index contributed by atoms with van der Waals surface area (Å²) < 4.78 is 5.22. The highest BCUT2D eigenvalue weighted by atomic mass is 16.5. The minimum Gasteiger partial charge on any atom is -0.495 e. The molecular weight excluding hydrogens is 314 g/mol. The number of benzene rings is 3. The summed E-state index contributed by atoms with van der Waals surface area (Å²) in [7, 11) is 1.55. The van der Waals surface area contributed by atoms with Gasteiger partial charge in [0.05, 0.1) is 12.8 Å². The number of hydrogen-bond donors (Lipinski definition) is 1. The molecule has 4 nitrogen and oxygen atoms in total. The number of para-hydroxylation sites is 2. The molecule has 3 aromatic carbocycles. The maximum atomic E-state index is 12.4. The van der Waals surface area contributed by atoms with Gasteiger partial charge in [0.2, 0.25) is 0 Å². The Hall–Kier alpha value is -3.40. The van der Waals surface area contributed by atoms with Crippen molar-refractivity contribution in [2.75, 3.05) is 12.4 Å². The van der Waals surface area contributed by atoms with E-state index in [1.165, 1.54) is 0 Å². The molecule has 0 spiro atoms. The van der Waals surface area contributed by atoms with Crippen LogP contribution in [-0.2, 0) is 0 Å². The van der Waals surface area contributed by atoms with Crippen LogP contribution in [0.2, 0.25) is 0 Å². The first-order valence-corrected chi connectivity index (χ1v) is 7.83. The smallest absolute Gasteiger partial charge is 0.255 e. The molecule has 0 saturated carbocycles. The van der Waals surface area contributed by atoms with Crippen LogP contribution in [0, 0.1) is 0 Å². The summed E-state index contributed by atoms with van der Waals surface area (Å²) in [6.45, 7) is 0. The molecule has 0 aromatic heterocycles. The van der Waals surface area contributed by atoms with Crippen molar-refractivity contribution in [2.24, 2.45) is 0 Å². The first kappa shape index (κ1) is 16.5. The minimum atomic E-state index is -0.261. The van der Waals surface area contributed by atoms with Gasteiger partial charge in [-0.1, -0.05) is 54.6 Å². The zero-order valence-corrected chi connectivity index (χ0v) is 13.7. The average Bonchev–Trinajstić information content (AvgIpc) is 2.68. The number of amides is 1. The second-order valence-electron chi connectivity index (χ2n) is 5.43. The molecule has 0 saturated heterocycles. The van der Waals surface area contributed by atoms with Crippen molar-refractivity contribution in [3.05, 3.63) is 95.6 Å². The molecule has 0 unspecified atom stereocenters. The zero-order valence-electron chi connectivity index (χ0n) is 13.7. The van der Waals surface area contributed by atoms with Crippen molar-refractivity contribution in [3.63, 3.8) is 0 Å². The van der Waals surface area contributed by atoms with Crippen LogP contribution in [0.1, 0.15) is 26.3 Å². The second-order valence-corrected chi connectivity index (χ2v) is 5.43. The Labute approximate surface area is 146 Å². The third-order valence-electron chi connectivity index (χ3n) is 3.80. The lowest BCUT2D eigenvalue weighted by Crippen LogP contribution is -2.13. The molecule has 3 aromatic rings. The van der Waals surface area contributed by atoms with E-state index in [0.717, 1.165) is 0 Å². The fourth-order valence-electron chi connectivity index (χ4n) is 2.47. The lowest BCUT2D eigenvalue weighted by atomic mass is 10.0. The molecular formula is C21H17NO3. The molecule has 3 rings (SSSR count). The quantitative estimate of drug-likeness (QED) is 0.714. The van der Waals surface area contributed by atoms with Gasteiger partial charge in [0, 0.05) is 16.7 Å². The topological polar surface area (TPSA) is 55.4 Å². The molecule has 0 radical (unpaired) electrons. The van der Waals surface area contributed by atoms with Crippen molar-refractivity contribution in [2.45, 2.75) is 0 Å². The third kappa shape index (κ3) is 3.75. The van der Waals surface area contributed by atoms with E-state index in [-0.39, 0.29) is 11.7 Å². The van der Waals surface area contributed by atoms with Gasteiger partial charge < -0.3 is 10.1 Å². The van der Waals surface area contributed by atoms with E-state index in [1.54, 1.807) is 55.6 Å². The van der Waals surface area contributed by atoms with Gasteiger partial charge in [-0.2, -0.15) is 0 Å². The van der Waals surface area contributed by atoms with Crippen molar-refractivity contribution in [3.8, 4) is 5.75 Å². The molecule has 0 heterocycles. The van der Waals surface area contributed by atoms with E-state index in [1.807, 2.05) is 30.3 Å². The number of carbonyl (C=O) groups is 2. The summed E-state index contributed by atoms with van der Waals surface area (Å²) in [5.74, 6) is 0.257. The van der Waals surface area contributed by atoms with Gasteiger partial charge in [0.1, 0.15) is 5.75 Å². The van der Waals surface area contributed by atoms with E-state index < -0.39 is 0 Å². The van der Waals surface area contributed by atoms with Gasteiger partial charge in [-0.05, 0) is 24.3 Å². The lowest BCUT2D eigenvalue weighted by Gasteiger charge is -2.10. The Balaban J connectivity index is 1.76. The van der Waals surface area contributed by atoms with Gasteiger partial charge in [-0.15, -0.1) is 0 Å². The number of hydrogen-bond acceptors (Lipinski definition) is 3. The average molecular weight is 331 g/mol. The molecule has 0 aliphatic rings. The predicted molar refractivity (Wildman–Crippen MR) is 97.3 cm³/mol. The number of rotatable bonds is 5. The van der Waals surface area contributed by atoms with E-state index in [2.05, 4.69) is 5.32 Å². The number of methoxy groups -OCH3 is 1. The van der Waals surface area contributed by atoms with Gasteiger partial charge in [-0.25, -0.2) is 0 Å². The molecule has 0 bridgehead atoms. The van der Waals surface area contributed by atoms with E-state index in [0.29, 0.717) is 28.1 Å². The van der Waals surface area contributed by atoms with Crippen molar-refractivity contribution < 1.29 is 14.3 Å². The standard InChI is InChI=1S/C21H17NO3/c1-25-19-10-6-5-9-18(19)22-21(24)17-13-11-16(12-14-17)20(23)15-7-3-2-4-8-15/h2-14H,1H3,(H,22,24). The molecule has 0 aliphatic heterocycles. The molecule has 1 N–H and O–H groups in total. The number of nitrogens with one attached hydrogen (secondary N) is 1. The summed E-state index contributed by atoms with van der Waals surface area (Å²) in [6.07, 6.45) is 0. The number of carbonyl (C=O) groups excluding carboxylic acids is 2. The first-order chi connectivity index (χ1) is 12.2. The van der Waals surface area contributed by atoms with E-state index in [4.69, 9.17) is 4.74 Å². The third-order valence-corrected chi connectivity index (χ3v) is 3.80. The zero-order chi connectivity index (χ0) is 17.6. The highest BCUT2D eigenvalue weighted by molar-refractivity contribution is 6.10. The predicted octanol–water partition coefficient (Wildman–Crippen LogP) is 4.18. The molecule has 0 fully saturated rings. The van der Waals surface area contributed by atoms with Crippen LogP contribution < -0.4 is 10.1 Å². The number of anilines is 1. The van der Waals surface area contributed by atoms with Crippen LogP contribution in [0.3, 0.4) is 0 Å². The van der Waals surface area contributed by atoms with Crippen LogP contribution in [0.4, 0.5) is 5.69 Å². The monoisotopic (exact) mass is 331 g/mol. The van der Waals surface area contributed by atoms with E-state index in [9.17, 15) is 9.59 Å². The lowest BCUT2D eigenvalue weighted by molar-refractivity contribution is 0.102. The van der Waals surface area contributed by atoms with Crippen molar-refractivity contribution >= 4 is 17.4 Å². The number of ether oxygens (including phenoxy) is 1. The molecule has 1 amide bonds. The fraction of sp³-hybridized carbons (Fsp3) is 0.0476. The van der Waals surface area contributed by atoms with Crippen LogP contribution in [0.5, 0.6) is 5.75 Å². The largest absolute Gasteiger partial charge is 0.495 e. The van der Waals surface area contributed by atoms with E-state index >= 15 is 0 Å². The van der Waals surface area contributed by atoms with Crippen LogP contribution in [0.15, 0.2) is 78.9 Å². The van der Waals surface area contributed by atoms with Crippen LogP contribution >= 0.6 is 0 Å². The summed E-state index contributed by atoms with van der Waals surface area (Å²) in [5.41, 5.74) is 2.23. The first-order valence-electron chi connectivity index (χ1n) is 7.83. The summed E-state index contributed by atoms with van der Waals surface area (Å²) in [5, 5.41) is 2.81. The Bertz CT molecular complexity index is 887. The molecule has 124 valence electrons. The summed E-state index contributed by atoms with van der Waals surface area (Å²) >= 11 is 0. The Morgan fingerprint density at radius 3 is 1.96 bits per heavy atom. The summed E-state index contributed by atoms with van der Waals surface area (Å²) in [4.78, 5) is 24.8. The van der Waals surface area contributed by atoms with Gasteiger partial charge in [0.25, 0.3) is 5.91 Å².